The smallest absolute Gasteiger partial charge is 0.410 e. The van der Waals surface area contributed by atoms with Gasteiger partial charge in [-0.25, -0.2) is 4.79 Å². The van der Waals surface area contributed by atoms with Gasteiger partial charge in [0.25, 0.3) is 0 Å². The van der Waals surface area contributed by atoms with Crippen molar-refractivity contribution in [1.82, 2.24) is 15.0 Å². The topological polar surface area (TPSA) is 80.1 Å². The largest absolute Gasteiger partial charge is 0.415 e. The first-order valence-electron chi connectivity index (χ1n) is 8.94. The molecule has 2 aromatic rings. The number of benzene rings is 1. The van der Waals surface area contributed by atoms with Gasteiger partial charge in [0, 0.05) is 45.3 Å². The van der Waals surface area contributed by atoms with E-state index in [1.165, 1.54) is 0 Å². The molecule has 0 spiro atoms. The standard InChI is InChI=1S/C18H26N4O4/c1-13(2)22(7-6-21-8-10-24-11-9-21)18(23)25-14-4-5-15-16(12-14)26-20-17(15)19-3/h4-5,12-13H,6-11H2,1-3H3,(H,19,20). The van der Waals surface area contributed by atoms with E-state index in [4.69, 9.17) is 14.0 Å². The minimum absolute atomic E-state index is 0.0495. The Hall–Kier alpha value is -2.32. The number of carbonyl (C=O) groups is 1. The van der Waals surface area contributed by atoms with E-state index < -0.39 is 0 Å². The molecule has 0 radical (unpaired) electrons. The molecule has 1 aliphatic heterocycles. The second-order valence-electron chi connectivity index (χ2n) is 6.55. The van der Waals surface area contributed by atoms with Gasteiger partial charge in [0.2, 0.25) is 0 Å². The van der Waals surface area contributed by atoms with E-state index in [9.17, 15) is 4.79 Å². The molecule has 1 N–H and O–H groups in total. The number of hydrogen-bond donors (Lipinski definition) is 1. The maximum Gasteiger partial charge on any atom is 0.415 e. The van der Waals surface area contributed by atoms with Crippen LogP contribution in [0.15, 0.2) is 22.7 Å². The van der Waals surface area contributed by atoms with Crippen molar-refractivity contribution in [3.63, 3.8) is 0 Å². The van der Waals surface area contributed by atoms with Gasteiger partial charge >= 0.3 is 6.09 Å². The molecule has 0 atom stereocenters. The van der Waals surface area contributed by atoms with Crippen molar-refractivity contribution in [1.29, 1.82) is 0 Å². The van der Waals surface area contributed by atoms with Gasteiger partial charge in [-0.2, -0.15) is 0 Å². The predicted molar refractivity (Wildman–Crippen MR) is 98.7 cm³/mol. The number of ether oxygens (including phenoxy) is 2. The van der Waals surface area contributed by atoms with Crippen LogP contribution in [0.2, 0.25) is 0 Å². The van der Waals surface area contributed by atoms with Crippen LogP contribution in [0.1, 0.15) is 13.8 Å². The zero-order valence-electron chi connectivity index (χ0n) is 15.5. The number of rotatable bonds is 6. The van der Waals surface area contributed by atoms with Crippen LogP contribution in [-0.4, -0.2) is 73.5 Å². The molecular formula is C18H26N4O4. The van der Waals surface area contributed by atoms with Gasteiger partial charge in [-0.3, -0.25) is 4.90 Å². The predicted octanol–water partition coefficient (Wildman–Crippen LogP) is 2.41. The highest BCUT2D eigenvalue weighted by Gasteiger charge is 2.21. The van der Waals surface area contributed by atoms with Crippen LogP contribution in [0.5, 0.6) is 5.75 Å². The summed E-state index contributed by atoms with van der Waals surface area (Å²) in [5.41, 5.74) is 0.573. The molecule has 0 bridgehead atoms. The Balaban J connectivity index is 1.63. The lowest BCUT2D eigenvalue weighted by Gasteiger charge is -2.31. The molecule has 8 heteroatoms. The number of nitrogens with zero attached hydrogens (tertiary/aromatic N) is 3. The van der Waals surface area contributed by atoms with Gasteiger partial charge in [0.15, 0.2) is 11.4 Å². The highest BCUT2D eigenvalue weighted by Crippen LogP contribution is 2.26. The summed E-state index contributed by atoms with van der Waals surface area (Å²) >= 11 is 0. The molecule has 2 heterocycles. The maximum atomic E-state index is 12.6. The molecule has 1 saturated heterocycles. The average Bonchev–Trinajstić information content (AvgIpc) is 3.04. The fourth-order valence-corrected chi connectivity index (χ4v) is 2.96. The first-order chi connectivity index (χ1) is 12.6. The van der Waals surface area contributed by atoms with Crippen LogP contribution < -0.4 is 10.1 Å². The highest BCUT2D eigenvalue weighted by atomic mass is 16.6. The highest BCUT2D eigenvalue weighted by molar-refractivity contribution is 5.89. The Labute approximate surface area is 153 Å². The third-order valence-electron chi connectivity index (χ3n) is 4.50. The summed E-state index contributed by atoms with van der Waals surface area (Å²) in [5, 5.41) is 7.73. The van der Waals surface area contributed by atoms with E-state index in [0.29, 0.717) is 23.7 Å². The average molecular weight is 362 g/mol. The van der Waals surface area contributed by atoms with Gasteiger partial charge in [-0.15, -0.1) is 0 Å². The molecule has 3 rings (SSSR count). The van der Waals surface area contributed by atoms with E-state index in [2.05, 4.69) is 15.4 Å². The quantitative estimate of drug-likeness (QED) is 0.845. The number of hydrogen-bond acceptors (Lipinski definition) is 7. The summed E-state index contributed by atoms with van der Waals surface area (Å²) in [6.45, 7) is 8.69. The Bertz CT molecular complexity index is 740. The Morgan fingerprint density at radius 1 is 1.38 bits per heavy atom. The number of aromatic nitrogens is 1. The number of morpholine rings is 1. The molecule has 1 amide bonds. The molecule has 0 saturated carbocycles. The molecule has 142 valence electrons. The lowest BCUT2D eigenvalue weighted by molar-refractivity contribution is 0.0325. The minimum atomic E-state index is -0.360. The van der Waals surface area contributed by atoms with E-state index >= 15 is 0 Å². The number of nitrogens with one attached hydrogen (secondary N) is 1. The second-order valence-corrected chi connectivity index (χ2v) is 6.55. The van der Waals surface area contributed by atoms with Gasteiger partial charge < -0.3 is 24.2 Å². The number of fused-ring (bicyclic) bond motifs is 1. The van der Waals surface area contributed by atoms with Crippen LogP contribution in [0.3, 0.4) is 0 Å². The molecular weight excluding hydrogens is 336 g/mol. The third kappa shape index (κ3) is 4.25. The van der Waals surface area contributed by atoms with Crippen LogP contribution in [0, 0.1) is 0 Å². The normalized spacial score (nSPS) is 15.4. The summed E-state index contributed by atoms with van der Waals surface area (Å²) in [5.74, 6) is 1.10. The van der Waals surface area contributed by atoms with Gasteiger partial charge in [0.1, 0.15) is 5.75 Å². The molecule has 0 unspecified atom stereocenters. The van der Waals surface area contributed by atoms with Gasteiger partial charge in [-0.05, 0) is 26.0 Å². The molecule has 1 aromatic carbocycles. The van der Waals surface area contributed by atoms with Crippen molar-refractivity contribution in [2.45, 2.75) is 19.9 Å². The van der Waals surface area contributed by atoms with E-state index in [0.717, 1.165) is 38.2 Å². The molecule has 1 fully saturated rings. The third-order valence-corrected chi connectivity index (χ3v) is 4.50. The molecule has 8 nitrogen and oxygen atoms in total. The fourth-order valence-electron chi connectivity index (χ4n) is 2.96. The summed E-state index contributed by atoms with van der Waals surface area (Å²) in [7, 11) is 1.78. The Kier molecular flexibility index (Phi) is 5.95. The van der Waals surface area contributed by atoms with E-state index in [1.54, 1.807) is 24.1 Å². The summed E-state index contributed by atoms with van der Waals surface area (Å²) in [4.78, 5) is 16.7. The zero-order chi connectivity index (χ0) is 18.5. The minimum Gasteiger partial charge on any atom is -0.410 e. The van der Waals surface area contributed by atoms with Crippen molar-refractivity contribution < 1.29 is 18.8 Å². The lowest BCUT2D eigenvalue weighted by Crippen LogP contribution is -2.46. The van der Waals surface area contributed by atoms with Crippen molar-refractivity contribution in [3.8, 4) is 5.75 Å². The maximum absolute atomic E-state index is 12.6. The van der Waals surface area contributed by atoms with E-state index in [-0.39, 0.29) is 12.1 Å². The van der Waals surface area contributed by atoms with E-state index in [1.807, 2.05) is 19.9 Å². The first-order valence-corrected chi connectivity index (χ1v) is 8.94. The van der Waals surface area contributed by atoms with Gasteiger partial charge in [0.05, 0.1) is 18.6 Å². The second kappa shape index (κ2) is 8.37. The Morgan fingerprint density at radius 3 is 2.85 bits per heavy atom. The summed E-state index contributed by atoms with van der Waals surface area (Å²) < 4.78 is 16.2. The monoisotopic (exact) mass is 362 g/mol. The SMILES string of the molecule is CNc1noc2cc(OC(=O)N(CCN3CCOCC3)C(C)C)ccc12. The van der Waals surface area contributed by atoms with Crippen LogP contribution in [0.4, 0.5) is 10.6 Å². The van der Waals surface area contributed by atoms with Crippen LogP contribution in [0.25, 0.3) is 11.0 Å². The number of carbonyl (C=O) groups excluding carboxylic acids is 1. The molecule has 0 aliphatic carbocycles. The van der Waals surface area contributed by atoms with Gasteiger partial charge in [-0.1, -0.05) is 5.16 Å². The fraction of sp³-hybridized carbons (Fsp3) is 0.556. The van der Waals surface area contributed by atoms with Crippen molar-refractivity contribution >= 4 is 22.9 Å². The summed E-state index contributed by atoms with van der Waals surface area (Å²) in [6, 6.07) is 5.31. The van der Waals surface area contributed by atoms with Crippen molar-refractivity contribution in [2.24, 2.45) is 0 Å². The molecule has 1 aromatic heterocycles. The molecule has 1 aliphatic rings. The number of anilines is 1. The van der Waals surface area contributed by atoms with Crippen LogP contribution in [-0.2, 0) is 4.74 Å². The molecule has 26 heavy (non-hydrogen) atoms. The van der Waals surface area contributed by atoms with Crippen molar-refractivity contribution in [2.75, 3.05) is 51.8 Å². The summed E-state index contributed by atoms with van der Waals surface area (Å²) in [6.07, 6.45) is -0.360. The zero-order valence-corrected chi connectivity index (χ0v) is 15.5. The van der Waals surface area contributed by atoms with Crippen molar-refractivity contribution in [3.05, 3.63) is 18.2 Å². The Morgan fingerprint density at radius 2 is 2.15 bits per heavy atom. The first kappa shape index (κ1) is 18.5. The lowest BCUT2D eigenvalue weighted by atomic mass is 10.2. The number of amides is 1. The van der Waals surface area contributed by atoms with Crippen LogP contribution >= 0.6 is 0 Å².